The molecule has 0 N–H and O–H groups in total. The minimum absolute atomic E-state index is 0.196. The molecular weight excluding hydrogens is 406 g/mol. The molecule has 1 atom stereocenters. The molecule has 6 heteroatoms. The van der Waals surface area contributed by atoms with E-state index in [0.29, 0.717) is 22.8 Å². The van der Waals surface area contributed by atoms with Gasteiger partial charge < -0.3 is 18.9 Å². The number of methoxy groups -OCH3 is 1. The van der Waals surface area contributed by atoms with Gasteiger partial charge in [0.05, 0.1) is 12.7 Å². The number of hydrogen-bond donors (Lipinski definition) is 0. The number of ether oxygens (including phenoxy) is 4. The van der Waals surface area contributed by atoms with Crippen molar-refractivity contribution in [3.05, 3.63) is 70.8 Å². The molecule has 0 spiro atoms. The minimum Gasteiger partial charge on any atom is -0.493 e. The van der Waals surface area contributed by atoms with E-state index in [1.54, 1.807) is 19.2 Å². The molecule has 162 valence electrons. The van der Waals surface area contributed by atoms with Crippen molar-refractivity contribution in [3.63, 3.8) is 0 Å². The van der Waals surface area contributed by atoms with Crippen molar-refractivity contribution in [2.75, 3.05) is 27.5 Å². The summed E-state index contributed by atoms with van der Waals surface area (Å²) in [6.07, 6.45) is 1.78. The van der Waals surface area contributed by atoms with Crippen molar-refractivity contribution in [2.24, 2.45) is 0 Å². The fraction of sp³-hybridized carbons (Fsp3) is 0.269. The molecule has 32 heavy (non-hydrogen) atoms. The van der Waals surface area contributed by atoms with E-state index in [-0.39, 0.29) is 12.8 Å². The summed E-state index contributed by atoms with van der Waals surface area (Å²) >= 11 is 0. The van der Waals surface area contributed by atoms with Gasteiger partial charge in [0.1, 0.15) is 0 Å². The number of nitrogens with zero attached hydrogens (tertiary/aromatic N) is 1. The van der Waals surface area contributed by atoms with Crippen LogP contribution in [-0.2, 0) is 12.8 Å². The van der Waals surface area contributed by atoms with Gasteiger partial charge in [0.15, 0.2) is 23.0 Å². The third-order valence-electron chi connectivity index (χ3n) is 6.68. The van der Waals surface area contributed by atoms with Crippen LogP contribution >= 0.6 is 0 Å². The molecule has 2 heterocycles. The fourth-order valence-electron chi connectivity index (χ4n) is 5.07. The number of carbonyl (C=O) groups is 1. The zero-order chi connectivity index (χ0) is 21.8. The van der Waals surface area contributed by atoms with Crippen LogP contribution in [0.15, 0.2) is 48.5 Å². The fourth-order valence-corrected chi connectivity index (χ4v) is 5.07. The van der Waals surface area contributed by atoms with E-state index in [2.05, 4.69) is 18.0 Å². The first-order chi connectivity index (χ1) is 15.6. The molecule has 3 aromatic rings. The Bertz CT molecular complexity index is 1240. The summed E-state index contributed by atoms with van der Waals surface area (Å²) in [4.78, 5) is 15.4. The van der Waals surface area contributed by atoms with Crippen LogP contribution in [0.2, 0.25) is 0 Å². The van der Waals surface area contributed by atoms with Gasteiger partial charge in [0.25, 0.3) is 0 Å². The number of fused-ring (bicyclic) bond motifs is 3. The van der Waals surface area contributed by atoms with E-state index in [0.717, 1.165) is 41.8 Å². The van der Waals surface area contributed by atoms with Gasteiger partial charge in [-0.1, -0.05) is 18.2 Å². The number of esters is 1. The number of carbonyl (C=O) groups excluding carboxylic acids is 1. The molecule has 0 bridgehead atoms. The summed E-state index contributed by atoms with van der Waals surface area (Å²) in [5, 5.41) is 0. The van der Waals surface area contributed by atoms with Gasteiger partial charge in [-0.15, -0.1) is 0 Å². The third-order valence-corrected chi connectivity index (χ3v) is 6.68. The van der Waals surface area contributed by atoms with E-state index < -0.39 is 5.97 Å². The molecule has 0 unspecified atom stereocenters. The number of likely N-dealkylation sites (N-methyl/N-ethyl adjacent to an activating group) is 1. The summed E-state index contributed by atoms with van der Waals surface area (Å²) in [7, 11) is 3.76. The molecule has 0 fully saturated rings. The summed E-state index contributed by atoms with van der Waals surface area (Å²) < 4.78 is 23.1. The highest BCUT2D eigenvalue weighted by molar-refractivity contribution is 5.94. The van der Waals surface area contributed by atoms with Gasteiger partial charge in [0.2, 0.25) is 6.79 Å². The van der Waals surface area contributed by atoms with Gasteiger partial charge in [0, 0.05) is 18.2 Å². The molecule has 6 rings (SSSR count). The molecule has 0 radical (unpaired) electrons. The second kappa shape index (κ2) is 7.28. The van der Waals surface area contributed by atoms with Gasteiger partial charge in [-0.05, 0) is 72.5 Å². The molecule has 0 saturated carbocycles. The summed E-state index contributed by atoms with van der Waals surface area (Å²) in [6.45, 7) is 1.18. The first-order valence-corrected chi connectivity index (χ1v) is 10.8. The zero-order valence-electron chi connectivity index (χ0n) is 18.0. The van der Waals surface area contributed by atoms with Crippen LogP contribution in [0.3, 0.4) is 0 Å². The maximum absolute atomic E-state index is 13.0. The topological polar surface area (TPSA) is 57.2 Å². The van der Waals surface area contributed by atoms with Crippen LogP contribution < -0.4 is 18.9 Å². The highest BCUT2D eigenvalue weighted by atomic mass is 16.7. The van der Waals surface area contributed by atoms with E-state index in [9.17, 15) is 4.79 Å². The average Bonchev–Trinajstić information content (AvgIpc) is 3.28. The molecule has 3 aromatic carbocycles. The van der Waals surface area contributed by atoms with Gasteiger partial charge in [-0.25, -0.2) is 4.79 Å². The predicted molar refractivity (Wildman–Crippen MR) is 119 cm³/mol. The molecule has 0 aromatic heterocycles. The first kappa shape index (κ1) is 19.2. The Balaban J connectivity index is 1.59. The maximum Gasteiger partial charge on any atom is 0.343 e. The first-order valence-electron chi connectivity index (χ1n) is 10.8. The Morgan fingerprint density at radius 2 is 1.84 bits per heavy atom. The Morgan fingerprint density at radius 3 is 2.62 bits per heavy atom. The normalized spacial score (nSPS) is 18.0. The van der Waals surface area contributed by atoms with E-state index in [1.807, 2.05) is 30.3 Å². The largest absolute Gasteiger partial charge is 0.493 e. The summed E-state index contributed by atoms with van der Waals surface area (Å²) in [5.41, 5.74) is 6.02. The SMILES string of the molecule is COc1cc2c3c(c1OC(=O)c1ccccc1)-c1cc4c(cc1C[C@@H]3N(C)CC2)OCO4. The molecular formula is C26H23NO5. The Labute approximate surface area is 186 Å². The molecule has 1 aliphatic carbocycles. The molecule has 6 nitrogen and oxygen atoms in total. The quantitative estimate of drug-likeness (QED) is 0.455. The van der Waals surface area contributed by atoms with Crippen molar-refractivity contribution < 1.29 is 23.7 Å². The van der Waals surface area contributed by atoms with Gasteiger partial charge in [-0.3, -0.25) is 4.90 Å². The van der Waals surface area contributed by atoms with E-state index in [4.69, 9.17) is 18.9 Å². The Kier molecular flexibility index (Phi) is 4.36. The third kappa shape index (κ3) is 2.87. The lowest BCUT2D eigenvalue weighted by atomic mass is 9.76. The van der Waals surface area contributed by atoms with Crippen LogP contribution in [0.5, 0.6) is 23.0 Å². The van der Waals surface area contributed by atoms with Crippen molar-refractivity contribution >= 4 is 5.97 Å². The monoisotopic (exact) mass is 429 g/mol. The molecule has 3 aliphatic rings. The average molecular weight is 429 g/mol. The van der Waals surface area contributed by atoms with Crippen molar-refractivity contribution in [2.45, 2.75) is 18.9 Å². The summed E-state index contributed by atoms with van der Waals surface area (Å²) in [6, 6.07) is 15.3. The second-order valence-corrected chi connectivity index (χ2v) is 8.42. The second-order valence-electron chi connectivity index (χ2n) is 8.42. The Hall–Kier alpha value is -3.51. The lowest BCUT2D eigenvalue weighted by Crippen LogP contribution is -2.35. The number of benzene rings is 3. The number of hydrogen-bond acceptors (Lipinski definition) is 6. The highest BCUT2D eigenvalue weighted by Gasteiger charge is 2.38. The Morgan fingerprint density at radius 1 is 1.06 bits per heavy atom. The van der Waals surface area contributed by atoms with Crippen molar-refractivity contribution in [1.29, 1.82) is 0 Å². The summed E-state index contributed by atoms with van der Waals surface area (Å²) in [5.74, 6) is 2.09. The predicted octanol–water partition coefficient (Wildman–Crippen LogP) is 4.40. The standard InChI is InChI=1S/C26H23NO5/c1-27-9-8-16-11-22(29-2)25(32-26(28)15-6-4-3-5-7-15)24-18-13-21-20(30-14-31-21)12-17(18)10-19(27)23(16)24/h3-7,11-13,19H,8-10,14H2,1-2H3/t19-/m0/s1. The minimum atomic E-state index is -0.409. The lowest BCUT2D eigenvalue weighted by Gasteiger charge is -2.40. The van der Waals surface area contributed by atoms with Crippen LogP contribution in [0.25, 0.3) is 11.1 Å². The van der Waals surface area contributed by atoms with E-state index in [1.165, 1.54) is 11.1 Å². The zero-order valence-corrected chi connectivity index (χ0v) is 18.0. The molecule has 0 saturated heterocycles. The van der Waals surface area contributed by atoms with Crippen LogP contribution in [0.1, 0.15) is 33.1 Å². The number of rotatable bonds is 3. The van der Waals surface area contributed by atoms with Gasteiger partial charge >= 0.3 is 5.97 Å². The lowest BCUT2D eigenvalue weighted by molar-refractivity contribution is 0.0730. The smallest absolute Gasteiger partial charge is 0.343 e. The van der Waals surface area contributed by atoms with Gasteiger partial charge in [-0.2, -0.15) is 0 Å². The van der Waals surface area contributed by atoms with Crippen LogP contribution in [0, 0.1) is 0 Å². The van der Waals surface area contributed by atoms with E-state index >= 15 is 0 Å². The molecule has 2 aliphatic heterocycles. The van der Waals surface area contributed by atoms with Crippen LogP contribution in [0.4, 0.5) is 0 Å². The van der Waals surface area contributed by atoms with Crippen LogP contribution in [-0.4, -0.2) is 38.4 Å². The highest BCUT2D eigenvalue weighted by Crippen LogP contribution is 2.54. The van der Waals surface area contributed by atoms with Crippen molar-refractivity contribution in [1.82, 2.24) is 4.90 Å². The van der Waals surface area contributed by atoms with Crippen molar-refractivity contribution in [3.8, 4) is 34.1 Å². The molecule has 0 amide bonds. The maximum atomic E-state index is 13.0.